The van der Waals surface area contributed by atoms with Gasteiger partial charge in [-0.25, -0.2) is 0 Å². The maximum absolute atomic E-state index is 11.8. The molecule has 0 saturated carbocycles. The average molecular weight is 289 g/mol. The normalized spacial score (nSPS) is 12.3. The van der Waals surface area contributed by atoms with Gasteiger partial charge in [0.25, 0.3) is 0 Å². The molecule has 0 aromatic heterocycles. The molecule has 0 spiro atoms. The molecule has 1 aromatic carbocycles. The fourth-order valence-electron chi connectivity index (χ4n) is 2.09. The van der Waals surface area contributed by atoms with Crippen molar-refractivity contribution in [3.8, 4) is 0 Å². The Hall–Kier alpha value is -2.10. The summed E-state index contributed by atoms with van der Waals surface area (Å²) < 4.78 is 0. The van der Waals surface area contributed by atoms with E-state index < -0.39 is 5.97 Å². The fraction of sp³-hybridized carbons (Fsp3) is 0.412. The maximum Gasteiger partial charge on any atom is 0.303 e. The first kappa shape index (κ1) is 17.0. The number of amides is 1. The van der Waals surface area contributed by atoms with Gasteiger partial charge < -0.3 is 10.4 Å². The molecule has 0 bridgehead atoms. The Balaban J connectivity index is 2.53. The highest BCUT2D eigenvalue weighted by Crippen LogP contribution is 2.12. The lowest BCUT2D eigenvalue weighted by Crippen LogP contribution is -2.28. The van der Waals surface area contributed by atoms with E-state index in [9.17, 15) is 9.59 Å². The zero-order valence-corrected chi connectivity index (χ0v) is 12.8. The van der Waals surface area contributed by atoms with Crippen LogP contribution >= 0.6 is 0 Å². The van der Waals surface area contributed by atoms with Crippen LogP contribution in [0.3, 0.4) is 0 Å². The van der Waals surface area contributed by atoms with Crippen LogP contribution in [0, 0.1) is 19.8 Å². The summed E-state index contributed by atoms with van der Waals surface area (Å²) in [6, 6.07) is 6.05. The molecule has 114 valence electrons. The molecular formula is C17H23NO3. The van der Waals surface area contributed by atoms with Crippen LogP contribution in [0.25, 0.3) is 6.08 Å². The van der Waals surface area contributed by atoms with Crippen molar-refractivity contribution in [3.63, 3.8) is 0 Å². The van der Waals surface area contributed by atoms with Crippen molar-refractivity contribution in [1.82, 2.24) is 5.32 Å². The van der Waals surface area contributed by atoms with Crippen LogP contribution in [-0.4, -0.2) is 23.5 Å². The average Bonchev–Trinajstić information content (AvgIpc) is 2.42. The molecule has 1 aromatic rings. The standard InChI is InChI=1S/C17H23NO3/c1-4-14(10-17(20)21)11-18-16(19)8-7-15-6-5-12(2)9-13(15)3/h5-9,14H,4,10-11H2,1-3H3,(H,18,19)(H,20,21)/b8-7+. The van der Waals surface area contributed by atoms with E-state index in [1.807, 2.05) is 32.9 Å². The van der Waals surface area contributed by atoms with Gasteiger partial charge in [-0.05, 0) is 37.0 Å². The van der Waals surface area contributed by atoms with Gasteiger partial charge in [-0.2, -0.15) is 0 Å². The summed E-state index contributed by atoms with van der Waals surface area (Å²) in [4.78, 5) is 22.4. The Morgan fingerprint density at radius 1 is 1.33 bits per heavy atom. The quantitative estimate of drug-likeness (QED) is 0.758. The third-order valence-corrected chi connectivity index (χ3v) is 3.45. The summed E-state index contributed by atoms with van der Waals surface area (Å²) in [5.74, 6) is -1.05. The summed E-state index contributed by atoms with van der Waals surface area (Å²) in [6.45, 7) is 6.34. The molecule has 21 heavy (non-hydrogen) atoms. The number of carboxylic acids is 1. The SMILES string of the molecule is CCC(CNC(=O)/C=C/c1ccc(C)cc1C)CC(=O)O. The molecule has 1 amide bonds. The molecule has 0 fully saturated rings. The van der Waals surface area contributed by atoms with E-state index in [0.717, 1.165) is 17.5 Å². The maximum atomic E-state index is 11.8. The molecular weight excluding hydrogens is 266 g/mol. The van der Waals surface area contributed by atoms with Crippen LogP contribution in [0.1, 0.15) is 36.5 Å². The highest BCUT2D eigenvalue weighted by Gasteiger charge is 2.11. The highest BCUT2D eigenvalue weighted by molar-refractivity contribution is 5.91. The van der Waals surface area contributed by atoms with Gasteiger partial charge in [-0.15, -0.1) is 0 Å². The van der Waals surface area contributed by atoms with Crippen LogP contribution < -0.4 is 5.32 Å². The molecule has 1 unspecified atom stereocenters. The van der Waals surface area contributed by atoms with Gasteiger partial charge in [0.1, 0.15) is 0 Å². The first-order chi connectivity index (χ1) is 9.92. The Labute approximate surface area is 125 Å². The number of hydrogen-bond acceptors (Lipinski definition) is 2. The summed E-state index contributed by atoms with van der Waals surface area (Å²) in [6.07, 6.45) is 4.08. The third kappa shape index (κ3) is 6.25. The van der Waals surface area contributed by atoms with E-state index in [4.69, 9.17) is 5.11 Å². The summed E-state index contributed by atoms with van der Waals surface area (Å²) in [5, 5.41) is 11.5. The number of aliphatic carboxylic acids is 1. The number of hydrogen-bond donors (Lipinski definition) is 2. The minimum absolute atomic E-state index is 0.0269. The number of carbonyl (C=O) groups excluding carboxylic acids is 1. The molecule has 4 heteroatoms. The van der Waals surface area contributed by atoms with Gasteiger partial charge in [0, 0.05) is 19.0 Å². The van der Waals surface area contributed by atoms with E-state index in [-0.39, 0.29) is 18.2 Å². The molecule has 0 aliphatic rings. The largest absolute Gasteiger partial charge is 0.481 e. The molecule has 0 aliphatic heterocycles. The number of benzene rings is 1. The number of rotatable bonds is 7. The minimum atomic E-state index is -0.832. The molecule has 4 nitrogen and oxygen atoms in total. The van der Waals surface area contributed by atoms with Crippen molar-refractivity contribution in [2.24, 2.45) is 5.92 Å². The lowest BCUT2D eigenvalue weighted by molar-refractivity contribution is -0.138. The molecule has 0 heterocycles. The predicted octanol–water partition coefficient (Wildman–Crippen LogP) is 2.93. The van der Waals surface area contributed by atoms with Gasteiger partial charge in [-0.1, -0.05) is 37.1 Å². The van der Waals surface area contributed by atoms with Crippen molar-refractivity contribution in [2.75, 3.05) is 6.54 Å². The van der Waals surface area contributed by atoms with Crippen molar-refractivity contribution < 1.29 is 14.7 Å². The Morgan fingerprint density at radius 2 is 2.05 bits per heavy atom. The Morgan fingerprint density at radius 3 is 2.62 bits per heavy atom. The van der Waals surface area contributed by atoms with Crippen LogP contribution in [0.2, 0.25) is 0 Å². The topological polar surface area (TPSA) is 66.4 Å². The highest BCUT2D eigenvalue weighted by atomic mass is 16.4. The molecule has 0 aliphatic carbocycles. The molecule has 2 N–H and O–H groups in total. The van der Waals surface area contributed by atoms with E-state index >= 15 is 0 Å². The zero-order valence-electron chi connectivity index (χ0n) is 12.8. The Bertz CT molecular complexity index is 535. The second kappa shape index (κ2) is 8.25. The lowest BCUT2D eigenvalue weighted by Gasteiger charge is -2.12. The molecule has 0 radical (unpaired) electrons. The summed E-state index contributed by atoms with van der Waals surface area (Å²) in [7, 11) is 0. The van der Waals surface area contributed by atoms with Crippen LogP contribution in [0.15, 0.2) is 24.3 Å². The van der Waals surface area contributed by atoms with Gasteiger partial charge in [0.2, 0.25) is 5.91 Å². The second-order valence-corrected chi connectivity index (χ2v) is 5.31. The minimum Gasteiger partial charge on any atom is -0.481 e. The van der Waals surface area contributed by atoms with Crippen LogP contribution in [0.4, 0.5) is 0 Å². The van der Waals surface area contributed by atoms with Gasteiger partial charge >= 0.3 is 5.97 Å². The Kier molecular flexibility index (Phi) is 6.66. The van der Waals surface area contributed by atoms with E-state index in [2.05, 4.69) is 11.4 Å². The fourth-order valence-corrected chi connectivity index (χ4v) is 2.09. The lowest BCUT2D eigenvalue weighted by atomic mass is 10.0. The number of aryl methyl sites for hydroxylation is 2. The van der Waals surface area contributed by atoms with E-state index in [0.29, 0.717) is 6.54 Å². The number of carboxylic acid groups (broad SMARTS) is 1. The summed E-state index contributed by atoms with van der Waals surface area (Å²) in [5.41, 5.74) is 3.32. The predicted molar refractivity (Wildman–Crippen MR) is 84.0 cm³/mol. The van der Waals surface area contributed by atoms with Gasteiger partial charge in [-0.3, -0.25) is 9.59 Å². The number of carbonyl (C=O) groups is 2. The molecule has 1 rings (SSSR count). The van der Waals surface area contributed by atoms with Gasteiger partial charge in [0.05, 0.1) is 0 Å². The van der Waals surface area contributed by atoms with Crippen LogP contribution in [0.5, 0.6) is 0 Å². The first-order valence-electron chi connectivity index (χ1n) is 7.17. The van der Waals surface area contributed by atoms with E-state index in [1.54, 1.807) is 6.08 Å². The van der Waals surface area contributed by atoms with Crippen molar-refractivity contribution >= 4 is 18.0 Å². The van der Waals surface area contributed by atoms with Gasteiger partial charge in [0.15, 0.2) is 0 Å². The third-order valence-electron chi connectivity index (χ3n) is 3.45. The van der Waals surface area contributed by atoms with Crippen molar-refractivity contribution in [3.05, 3.63) is 41.0 Å². The van der Waals surface area contributed by atoms with Crippen LogP contribution in [-0.2, 0) is 9.59 Å². The monoisotopic (exact) mass is 289 g/mol. The second-order valence-electron chi connectivity index (χ2n) is 5.31. The summed E-state index contributed by atoms with van der Waals surface area (Å²) >= 11 is 0. The zero-order chi connectivity index (χ0) is 15.8. The molecule has 1 atom stereocenters. The van der Waals surface area contributed by atoms with Crippen molar-refractivity contribution in [2.45, 2.75) is 33.6 Å². The van der Waals surface area contributed by atoms with E-state index in [1.165, 1.54) is 11.6 Å². The molecule has 0 saturated heterocycles. The smallest absolute Gasteiger partial charge is 0.303 e. The first-order valence-corrected chi connectivity index (χ1v) is 7.17. The van der Waals surface area contributed by atoms with Crippen molar-refractivity contribution in [1.29, 1.82) is 0 Å². The number of nitrogens with one attached hydrogen (secondary N) is 1.